The highest BCUT2D eigenvalue weighted by Gasteiger charge is 2.30. The van der Waals surface area contributed by atoms with Crippen molar-refractivity contribution in [3.05, 3.63) is 106 Å². The average molecular weight is 419 g/mol. The Morgan fingerprint density at radius 1 is 0.900 bits per heavy atom. The van der Waals surface area contributed by atoms with Crippen molar-refractivity contribution in [3.8, 4) is 5.69 Å². The molecule has 0 aliphatic heterocycles. The molecule has 0 amide bonds. The van der Waals surface area contributed by atoms with Gasteiger partial charge in [0.1, 0.15) is 6.54 Å². The first-order valence-corrected chi connectivity index (χ1v) is 10.4. The minimum Gasteiger partial charge on any atom is -0.321 e. The molecule has 0 radical (unpaired) electrons. The minimum atomic E-state index is -0.0588. The van der Waals surface area contributed by atoms with E-state index in [1.165, 1.54) is 10.5 Å². The molecule has 0 saturated heterocycles. The van der Waals surface area contributed by atoms with E-state index in [1.807, 2.05) is 22.9 Å². The van der Waals surface area contributed by atoms with E-state index in [4.69, 9.17) is 11.6 Å². The van der Waals surface area contributed by atoms with Crippen molar-refractivity contribution < 1.29 is 4.90 Å². The van der Waals surface area contributed by atoms with Gasteiger partial charge < -0.3 is 4.90 Å². The summed E-state index contributed by atoms with van der Waals surface area (Å²) in [7, 11) is 2.18. The monoisotopic (exact) mass is 418 g/mol. The zero-order chi connectivity index (χ0) is 21.1. The Bertz CT molecular complexity index is 1100. The molecule has 4 aromatic rings. The normalized spacial score (nSPS) is 13.2. The summed E-state index contributed by atoms with van der Waals surface area (Å²) in [6, 6.07) is 24.6. The van der Waals surface area contributed by atoms with E-state index in [0.717, 1.165) is 34.7 Å². The van der Waals surface area contributed by atoms with Gasteiger partial charge in [-0.2, -0.15) is 4.68 Å². The molecule has 152 valence electrons. The van der Waals surface area contributed by atoms with Gasteiger partial charge in [-0.1, -0.05) is 72.3 Å². The van der Waals surface area contributed by atoms with Gasteiger partial charge in [-0.25, -0.2) is 0 Å². The number of hydrogen-bond donors (Lipinski definition) is 1. The van der Waals surface area contributed by atoms with Crippen molar-refractivity contribution in [1.29, 1.82) is 0 Å². The van der Waals surface area contributed by atoms with E-state index in [2.05, 4.69) is 91.0 Å². The third-order valence-corrected chi connectivity index (χ3v) is 5.68. The van der Waals surface area contributed by atoms with Crippen molar-refractivity contribution in [1.82, 2.24) is 20.2 Å². The maximum absolute atomic E-state index is 6.17. The SMILES string of the molecule is Cc1cccc(C)c1-n1nnnc1[C@@H](c1ccc(Cl)cc1)[NH+](C)Cc1ccccc1. The first-order chi connectivity index (χ1) is 14.5. The molecule has 30 heavy (non-hydrogen) atoms. The molecule has 1 heterocycles. The van der Waals surface area contributed by atoms with E-state index in [1.54, 1.807) is 0 Å². The number of rotatable bonds is 6. The van der Waals surface area contributed by atoms with E-state index in [0.29, 0.717) is 5.02 Å². The van der Waals surface area contributed by atoms with E-state index in [-0.39, 0.29) is 6.04 Å². The number of nitrogens with one attached hydrogen (secondary N) is 1. The van der Waals surface area contributed by atoms with Crippen LogP contribution in [0.15, 0.2) is 72.8 Å². The van der Waals surface area contributed by atoms with Crippen LogP contribution in [-0.2, 0) is 6.54 Å². The van der Waals surface area contributed by atoms with Crippen LogP contribution >= 0.6 is 11.6 Å². The van der Waals surface area contributed by atoms with Crippen LogP contribution in [0.5, 0.6) is 0 Å². The highest BCUT2D eigenvalue weighted by atomic mass is 35.5. The number of tetrazole rings is 1. The predicted molar refractivity (Wildman–Crippen MR) is 119 cm³/mol. The Hall–Kier alpha value is -3.02. The quantitative estimate of drug-likeness (QED) is 0.519. The Kier molecular flexibility index (Phi) is 5.93. The van der Waals surface area contributed by atoms with Crippen molar-refractivity contribution in [2.45, 2.75) is 26.4 Å². The van der Waals surface area contributed by atoms with Gasteiger partial charge in [0.2, 0.25) is 5.82 Å². The Labute approximate surface area is 181 Å². The third kappa shape index (κ3) is 4.13. The average Bonchev–Trinajstić information content (AvgIpc) is 3.19. The molecule has 5 nitrogen and oxygen atoms in total. The van der Waals surface area contributed by atoms with Crippen LogP contribution in [0.3, 0.4) is 0 Å². The smallest absolute Gasteiger partial charge is 0.219 e. The van der Waals surface area contributed by atoms with Crippen molar-refractivity contribution in [3.63, 3.8) is 0 Å². The molecule has 3 aromatic carbocycles. The highest BCUT2D eigenvalue weighted by molar-refractivity contribution is 6.30. The lowest BCUT2D eigenvalue weighted by molar-refractivity contribution is -0.920. The molecule has 0 saturated carbocycles. The molecule has 0 bridgehead atoms. The molecule has 4 rings (SSSR count). The molecule has 2 atom stereocenters. The fraction of sp³-hybridized carbons (Fsp3) is 0.208. The molecule has 0 spiro atoms. The summed E-state index contributed by atoms with van der Waals surface area (Å²) in [5.41, 5.74) is 5.69. The number of benzene rings is 3. The van der Waals surface area contributed by atoms with Gasteiger partial charge >= 0.3 is 0 Å². The molecular formula is C24H25ClN5+. The molecular weight excluding hydrogens is 394 g/mol. The summed E-state index contributed by atoms with van der Waals surface area (Å²) in [6.07, 6.45) is 0. The second-order valence-electron chi connectivity index (χ2n) is 7.68. The summed E-state index contributed by atoms with van der Waals surface area (Å²) in [5, 5.41) is 13.6. The number of quaternary nitrogens is 1. The van der Waals surface area contributed by atoms with E-state index < -0.39 is 0 Å². The van der Waals surface area contributed by atoms with Crippen LogP contribution in [0.1, 0.15) is 34.1 Å². The van der Waals surface area contributed by atoms with E-state index in [9.17, 15) is 0 Å². The second kappa shape index (κ2) is 8.78. The third-order valence-electron chi connectivity index (χ3n) is 5.43. The van der Waals surface area contributed by atoms with Crippen LogP contribution in [0, 0.1) is 13.8 Å². The summed E-state index contributed by atoms with van der Waals surface area (Å²) in [5.74, 6) is 0.808. The van der Waals surface area contributed by atoms with Gasteiger partial charge in [-0.15, -0.1) is 5.10 Å². The first kappa shape index (κ1) is 20.3. The topological polar surface area (TPSA) is 48.0 Å². The van der Waals surface area contributed by atoms with Crippen molar-refractivity contribution >= 4 is 11.6 Å². The summed E-state index contributed by atoms with van der Waals surface area (Å²) in [6.45, 7) is 5.02. The standard InChI is InChI=1S/C24H24ClN5/c1-17-8-7-9-18(2)22(17)30-24(26-27-28-30)23(20-12-14-21(25)15-13-20)29(3)16-19-10-5-4-6-11-19/h4-15,23H,16H2,1-3H3/p+1/t23-/m1/s1. The maximum atomic E-state index is 6.17. The number of aromatic nitrogens is 4. The molecule has 1 aromatic heterocycles. The maximum Gasteiger partial charge on any atom is 0.219 e. The number of hydrogen-bond acceptors (Lipinski definition) is 3. The molecule has 1 N–H and O–H groups in total. The van der Waals surface area contributed by atoms with Crippen LogP contribution in [0.25, 0.3) is 5.69 Å². The van der Waals surface area contributed by atoms with Crippen LogP contribution < -0.4 is 4.90 Å². The second-order valence-corrected chi connectivity index (χ2v) is 8.12. The number of nitrogens with zero attached hydrogens (tertiary/aromatic N) is 4. The lowest BCUT2D eigenvalue weighted by Gasteiger charge is -2.25. The summed E-state index contributed by atoms with van der Waals surface area (Å²) in [4.78, 5) is 1.27. The minimum absolute atomic E-state index is 0.0588. The zero-order valence-corrected chi connectivity index (χ0v) is 18.1. The summed E-state index contributed by atoms with van der Waals surface area (Å²) < 4.78 is 1.89. The number of para-hydroxylation sites is 1. The van der Waals surface area contributed by atoms with Crippen LogP contribution in [0.4, 0.5) is 0 Å². The summed E-state index contributed by atoms with van der Waals surface area (Å²) >= 11 is 6.17. The zero-order valence-electron chi connectivity index (χ0n) is 17.4. The first-order valence-electron chi connectivity index (χ1n) is 10.0. The van der Waals surface area contributed by atoms with E-state index >= 15 is 0 Å². The fourth-order valence-electron chi connectivity index (χ4n) is 4.00. The fourth-order valence-corrected chi connectivity index (χ4v) is 4.13. The van der Waals surface area contributed by atoms with Gasteiger partial charge in [0.25, 0.3) is 0 Å². The van der Waals surface area contributed by atoms with Crippen molar-refractivity contribution in [2.75, 3.05) is 7.05 Å². The number of aryl methyl sites for hydroxylation is 2. The largest absolute Gasteiger partial charge is 0.321 e. The lowest BCUT2D eigenvalue weighted by atomic mass is 10.0. The van der Waals surface area contributed by atoms with Crippen molar-refractivity contribution in [2.24, 2.45) is 0 Å². The molecule has 0 fully saturated rings. The Morgan fingerprint density at radius 2 is 1.57 bits per heavy atom. The molecule has 0 aliphatic rings. The van der Waals surface area contributed by atoms with Gasteiger partial charge in [0.05, 0.1) is 12.7 Å². The molecule has 1 unspecified atom stereocenters. The van der Waals surface area contributed by atoms with Gasteiger partial charge in [-0.05, 0) is 47.5 Å². The number of halogens is 1. The molecule has 6 heteroatoms. The van der Waals surface area contributed by atoms with Crippen LogP contribution in [-0.4, -0.2) is 27.3 Å². The molecule has 0 aliphatic carbocycles. The predicted octanol–water partition coefficient (Wildman–Crippen LogP) is 3.74. The van der Waals surface area contributed by atoms with Gasteiger partial charge in [-0.3, -0.25) is 0 Å². The van der Waals surface area contributed by atoms with Crippen LogP contribution in [0.2, 0.25) is 5.02 Å². The van der Waals surface area contributed by atoms with Gasteiger partial charge in [0, 0.05) is 16.1 Å². The lowest BCUT2D eigenvalue weighted by Crippen LogP contribution is -3.08. The Balaban J connectivity index is 1.81. The highest BCUT2D eigenvalue weighted by Crippen LogP contribution is 2.24. The van der Waals surface area contributed by atoms with Gasteiger partial charge in [0.15, 0.2) is 6.04 Å². The Morgan fingerprint density at radius 3 is 2.23 bits per heavy atom.